The number of nitrogens with one attached hydrogen (secondary N) is 1. The number of carboxylic acids is 2. The maximum Gasteiger partial charge on any atom is 0.328 e. The van der Waals surface area contributed by atoms with Crippen LogP contribution in [0.5, 0.6) is 17.2 Å². The number of aliphatic hydroxyl groups excluding tert-OH is 1. The minimum Gasteiger partial charge on any atom is -0.493 e. The number of aliphatic carboxylic acids is 2. The highest BCUT2D eigenvalue weighted by Crippen LogP contribution is 2.31. The fourth-order valence-electron chi connectivity index (χ4n) is 2.83. The van der Waals surface area contributed by atoms with Gasteiger partial charge in [0.2, 0.25) is 0 Å². The second-order valence-corrected chi connectivity index (χ2v) is 8.86. The third-order valence-corrected chi connectivity index (χ3v) is 5.64. The van der Waals surface area contributed by atoms with Crippen LogP contribution in [0.3, 0.4) is 0 Å². The lowest BCUT2D eigenvalue weighted by molar-refractivity contribution is -0.134. The van der Waals surface area contributed by atoms with E-state index in [9.17, 15) is 18.9 Å². The summed E-state index contributed by atoms with van der Waals surface area (Å²) in [6, 6.07) is 11.3. The maximum absolute atomic E-state index is 11.7. The molecule has 0 aliphatic heterocycles. The molecule has 36 heavy (non-hydrogen) atoms. The molecule has 2 rings (SSSR count). The molecule has 0 amide bonds. The molecule has 2 unspecified atom stereocenters. The SMILES string of the molecule is COc1cc(S(C)=O)c(C)cc1OCCNCC(O)COc1ccccc1C.O=C(O)/C=C\C(=O)O. The number of methoxy groups -OCH3 is 1. The number of hydrogen-bond acceptors (Lipinski definition) is 8. The van der Waals surface area contributed by atoms with Crippen molar-refractivity contribution in [2.45, 2.75) is 24.8 Å². The first-order valence-electron chi connectivity index (χ1n) is 10.9. The Balaban J connectivity index is 0.000000697. The van der Waals surface area contributed by atoms with Crippen LogP contribution < -0.4 is 19.5 Å². The fraction of sp³-hybridized carbons (Fsp3) is 0.360. The van der Waals surface area contributed by atoms with E-state index >= 15 is 0 Å². The van der Waals surface area contributed by atoms with E-state index in [-0.39, 0.29) is 6.61 Å². The van der Waals surface area contributed by atoms with Crippen LogP contribution in [0.1, 0.15) is 11.1 Å². The molecule has 198 valence electrons. The van der Waals surface area contributed by atoms with Crippen molar-refractivity contribution in [1.29, 1.82) is 0 Å². The van der Waals surface area contributed by atoms with Crippen LogP contribution in [0.4, 0.5) is 0 Å². The molecule has 0 spiro atoms. The number of rotatable bonds is 13. The smallest absolute Gasteiger partial charge is 0.328 e. The van der Waals surface area contributed by atoms with Crippen molar-refractivity contribution in [3.05, 3.63) is 59.7 Å². The van der Waals surface area contributed by atoms with Crippen LogP contribution in [0.25, 0.3) is 0 Å². The van der Waals surface area contributed by atoms with E-state index in [1.54, 1.807) is 19.4 Å². The topological polar surface area (TPSA) is 152 Å². The van der Waals surface area contributed by atoms with Gasteiger partial charge in [-0.2, -0.15) is 0 Å². The molecule has 0 saturated carbocycles. The Bertz CT molecular complexity index is 1040. The van der Waals surface area contributed by atoms with Gasteiger partial charge < -0.3 is 34.8 Å². The zero-order chi connectivity index (χ0) is 27.1. The molecule has 0 aliphatic carbocycles. The van der Waals surface area contributed by atoms with Crippen molar-refractivity contribution in [3.8, 4) is 17.2 Å². The Kier molecular flexibility index (Phi) is 13.9. The maximum atomic E-state index is 11.7. The van der Waals surface area contributed by atoms with E-state index in [1.807, 2.05) is 44.2 Å². The number of ether oxygens (including phenoxy) is 3. The standard InChI is InChI=1S/C21H29NO5S.C4H4O4/c1-15-7-5-6-8-18(15)27-14-17(23)13-22-9-10-26-20-11-16(2)21(28(4)24)12-19(20)25-3;5-3(6)1-2-4(7)8/h5-8,11-12,17,22-23H,9-10,13-14H2,1-4H3;1-2H,(H,5,6)(H,7,8)/b;2-1-. The molecule has 2 aromatic carbocycles. The van der Waals surface area contributed by atoms with Gasteiger partial charge in [0, 0.05) is 42.5 Å². The molecule has 0 aliphatic rings. The monoisotopic (exact) mass is 523 g/mol. The second-order valence-electron chi connectivity index (χ2n) is 7.52. The van der Waals surface area contributed by atoms with Crippen LogP contribution in [0, 0.1) is 13.8 Å². The van der Waals surface area contributed by atoms with Crippen molar-refractivity contribution in [3.63, 3.8) is 0 Å². The Hall–Kier alpha value is -3.41. The molecule has 0 aromatic heterocycles. The van der Waals surface area contributed by atoms with E-state index in [2.05, 4.69) is 5.32 Å². The summed E-state index contributed by atoms with van der Waals surface area (Å²) in [6.07, 6.45) is 2.14. The molecule has 2 atom stereocenters. The summed E-state index contributed by atoms with van der Waals surface area (Å²) in [4.78, 5) is 19.8. The summed E-state index contributed by atoms with van der Waals surface area (Å²) in [5.74, 6) is -0.564. The first-order chi connectivity index (χ1) is 17.0. The molecule has 0 saturated heterocycles. The highest BCUT2D eigenvalue weighted by Gasteiger charge is 2.12. The number of aryl methyl sites for hydroxylation is 2. The molecule has 4 N–H and O–H groups in total. The molecule has 0 fully saturated rings. The average Bonchev–Trinajstić information content (AvgIpc) is 2.82. The summed E-state index contributed by atoms with van der Waals surface area (Å²) < 4.78 is 28.5. The zero-order valence-electron chi connectivity index (χ0n) is 20.7. The zero-order valence-corrected chi connectivity index (χ0v) is 21.5. The average molecular weight is 524 g/mol. The summed E-state index contributed by atoms with van der Waals surface area (Å²) in [6.45, 7) is 5.46. The number of aliphatic hydroxyl groups is 1. The van der Waals surface area contributed by atoms with Gasteiger partial charge in [-0.15, -0.1) is 0 Å². The van der Waals surface area contributed by atoms with Crippen molar-refractivity contribution in [2.75, 3.05) is 39.7 Å². The lowest BCUT2D eigenvalue weighted by atomic mass is 10.2. The van der Waals surface area contributed by atoms with E-state index in [0.29, 0.717) is 43.3 Å². The summed E-state index contributed by atoms with van der Waals surface area (Å²) in [5, 5.41) is 28.8. The Labute approximate surface area is 213 Å². The molecule has 0 bridgehead atoms. The third kappa shape index (κ3) is 11.8. The highest BCUT2D eigenvalue weighted by molar-refractivity contribution is 7.84. The Morgan fingerprint density at radius 2 is 1.64 bits per heavy atom. The van der Waals surface area contributed by atoms with Gasteiger partial charge in [-0.1, -0.05) is 18.2 Å². The van der Waals surface area contributed by atoms with Crippen molar-refractivity contribution >= 4 is 22.7 Å². The van der Waals surface area contributed by atoms with E-state index in [1.165, 1.54) is 0 Å². The summed E-state index contributed by atoms with van der Waals surface area (Å²) in [7, 11) is 0.479. The highest BCUT2D eigenvalue weighted by atomic mass is 32.2. The summed E-state index contributed by atoms with van der Waals surface area (Å²) >= 11 is 0. The van der Waals surface area contributed by atoms with Gasteiger partial charge in [0.15, 0.2) is 11.5 Å². The Morgan fingerprint density at radius 3 is 2.19 bits per heavy atom. The van der Waals surface area contributed by atoms with Crippen molar-refractivity contribution < 1.29 is 43.3 Å². The third-order valence-electron chi connectivity index (χ3n) is 4.58. The molecule has 2 aromatic rings. The van der Waals surface area contributed by atoms with Crippen LogP contribution in [0.15, 0.2) is 53.4 Å². The minimum atomic E-state index is -1.26. The first-order valence-corrected chi connectivity index (χ1v) is 12.5. The fourth-order valence-corrected chi connectivity index (χ4v) is 3.62. The predicted molar refractivity (Wildman–Crippen MR) is 136 cm³/mol. The predicted octanol–water partition coefficient (Wildman–Crippen LogP) is 2.17. The van der Waals surface area contributed by atoms with Crippen LogP contribution in [-0.2, 0) is 20.4 Å². The molecular formula is C25H33NO9S. The van der Waals surface area contributed by atoms with Crippen molar-refractivity contribution in [2.24, 2.45) is 0 Å². The van der Waals surface area contributed by atoms with Crippen LogP contribution in [0.2, 0.25) is 0 Å². The van der Waals surface area contributed by atoms with E-state index in [0.717, 1.165) is 21.8 Å². The molecule has 11 heteroatoms. The van der Waals surface area contributed by atoms with Gasteiger partial charge in [-0.05, 0) is 37.1 Å². The minimum absolute atomic E-state index is 0.224. The van der Waals surface area contributed by atoms with Gasteiger partial charge in [0.05, 0.1) is 17.9 Å². The van der Waals surface area contributed by atoms with Gasteiger partial charge in [-0.3, -0.25) is 4.21 Å². The molecular weight excluding hydrogens is 490 g/mol. The van der Waals surface area contributed by atoms with Gasteiger partial charge >= 0.3 is 11.9 Å². The van der Waals surface area contributed by atoms with E-state index < -0.39 is 28.8 Å². The quantitative estimate of drug-likeness (QED) is 0.227. The number of para-hydroxylation sites is 1. The first kappa shape index (κ1) is 30.6. The van der Waals surface area contributed by atoms with Gasteiger partial charge in [0.1, 0.15) is 25.1 Å². The van der Waals surface area contributed by atoms with E-state index in [4.69, 9.17) is 24.4 Å². The van der Waals surface area contributed by atoms with Gasteiger partial charge in [0.25, 0.3) is 0 Å². The number of carbonyl (C=O) groups is 2. The Morgan fingerprint density at radius 1 is 1.00 bits per heavy atom. The van der Waals surface area contributed by atoms with Gasteiger partial charge in [-0.25, -0.2) is 9.59 Å². The molecule has 10 nitrogen and oxygen atoms in total. The van der Waals surface area contributed by atoms with Crippen LogP contribution >= 0.6 is 0 Å². The lowest BCUT2D eigenvalue weighted by Crippen LogP contribution is -2.33. The molecule has 0 heterocycles. The van der Waals surface area contributed by atoms with Crippen molar-refractivity contribution in [1.82, 2.24) is 5.32 Å². The molecule has 0 radical (unpaired) electrons. The number of carboxylic acid groups (broad SMARTS) is 2. The second kappa shape index (κ2) is 16.3. The van der Waals surface area contributed by atoms with Crippen LogP contribution in [-0.4, -0.2) is 77.2 Å². The number of hydrogen-bond donors (Lipinski definition) is 4. The number of benzene rings is 2. The largest absolute Gasteiger partial charge is 0.493 e. The normalized spacial score (nSPS) is 12.2. The summed E-state index contributed by atoms with van der Waals surface area (Å²) in [5.41, 5.74) is 1.94. The lowest BCUT2D eigenvalue weighted by Gasteiger charge is -2.16.